The molecule has 1 aromatic heterocycles. The molecule has 3 aliphatic heterocycles. The van der Waals surface area contributed by atoms with E-state index in [1.165, 1.54) is 19.4 Å². The molecule has 1 unspecified atom stereocenters. The summed E-state index contributed by atoms with van der Waals surface area (Å²) in [6.07, 6.45) is 4.15. The Hall–Kier alpha value is -2.60. The molecule has 0 radical (unpaired) electrons. The second-order valence-electron chi connectivity index (χ2n) is 10.3. The molecule has 1 N–H and O–H groups in total. The van der Waals surface area contributed by atoms with Crippen molar-refractivity contribution in [3.05, 3.63) is 29.5 Å². The number of piperazine rings is 1. The number of pyridine rings is 1. The molecule has 37 heavy (non-hydrogen) atoms. The maximum absolute atomic E-state index is 15.2. The van der Waals surface area contributed by atoms with Crippen molar-refractivity contribution in [1.82, 2.24) is 14.8 Å². The van der Waals surface area contributed by atoms with E-state index in [4.69, 9.17) is 14.2 Å². The van der Waals surface area contributed by atoms with E-state index in [2.05, 4.69) is 4.98 Å². The number of hydrogen-bond donors (Lipinski definition) is 1. The number of hydrogen-bond acceptors (Lipinski definition) is 8. The number of carbonyl (C=O) groups is 1. The molecule has 1 aliphatic carbocycles. The summed E-state index contributed by atoms with van der Waals surface area (Å²) in [4.78, 5) is 23.8. The molecule has 4 fully saturated rings. The Balaban J connectivity index is 1.33. The number of aliphatic hydroxyl groups excluding tert-OH is 1. The van der Waals surface area contributed by atoms with Crippen LogP contribution in [0.1, 0.15) is 36.0 Å². The number of nitrogens with zero attached hydrogens (tertiary/aromatic N) is 4. The first-order valence-electron chi connectivity index (χ1n) is 13.0. The van der Waals surface area contributed by atoms with E-state index in [9.17, 15) is 14.3 Å². The minimum absolute atomic E-state index is 0.0455. The number of aromatic nitrogens is 1. The zero-order chi connectivity index (χ0) is 25.7. The van der Waals surface area contributed by atoms with E-state index in [0.717, 1.165) is 12.8 Å². The molecular formula is C26H32F2N4O5. The first-order valence-corrected chi connectivity index (χ1v) is 13.0. The third-order valence-corrected chi connectivity index (χ3v) is 8.09. The van der Waals surface area contributed by atoms with Crippen LogP contribution >= 0.6 is 0 Å². The largest absolute Gasteiger partial charge is 0.491 e. The number of piperidine rings is 1. The topological polar surface area (TPSA) is 87.6 Å². The van der Waals surface area contributed by atoms with Crippen molar-refractivity contribution in [3.8, 4) is 5.75 Å². The smallest absolute Gasteiger partial charge is 0.257 e. The number of ether oxygens (including phenoxy) is 3. The molecule has 11 heteroatoms. The maximum atomic E-state index is 15.2. The molecule has 9 nitrogen and oxygen atoms in total. The van der Waals surface area contributed by atoms with Crippen LogP contribution in [0.2, 0.25) is 0 Å². The van der Waals surface area contributed by atoms with Gasteiger partial charge in [0.05, 0.1) is 31.6 Å². The van der Waals surface area contributed by atoms with E-state index >= 15 is 4.39 Å². The highest BCUT2D eigenvalue weighted by Gasteiger charge is 2.41. The van der Waals surface area contributed by atoms with E-state index in [-0.39, 0.29) is 16.8 Å². The highest BCUT2D eigenvalue weighted by Crippen LogP contribution is 2.40. The summed E-state index contributed by atoms with van der Waals surface area (Å²) in [5.41, 5.74) is 0.719. The van der Waals surface area contributed by atoms with Crippen LogP contribution in [-0.4, -0.2) is 97.4 Å². The highest BCUT2D eigenvalue weighted by atomic mass is 19.1. The zero-order valence-electron chi connectivity index (χ0n) is 20.9. The van der Waals surface area contributed by atoms with Crippen LogP contribution in [0.5, 0.6) is 5.75 Å². The molecule has 4 aliphatic rings. The molecule has 4 heterocycles. The number of benzene rings is 1. The van der Waals surface area contributed by atoms with Gasteiger partial charge in [0.2, 0.25) is 0 Å². The fourth-order valence-corrected chi connectivity index (χ4v) is 5.83. The van der Waals surface area contributed by atoms with Crippen molar-refractivity contribution in [2.45, 2.75) is 37.7 Å². The van der Waals surface area contributed by atoms with Gasteiger partial charge in [0.25, 0.3) is 5.91 Å². The summed E-state index contributed by atoms with van der Waals surface area (Å²) in [6, 6.07) is 1.20. The second-order valence-corrected chi connectivity index (χ2v) is 10.3. The number of halogens is 2. The van der Waals surface area contributed by atoms with Crippen molar-refractivity contribution >= 4 is 22.5 Å². The van der Waals surface area contributed by atoms with Gasteiger partial charge in [-0.3, -0.25) is 14.7 Å². The van der Waals surface area contributed by atoms with Crippen molar-refractivity contribution < 1.29 is 32.9 Å². The number of anilines is 1. The number of rotatable bonds is 5. The minimum Gasteiger partial charge on any atom is -0.491 e. The predicted octanol–water partition coefficient (Wildman–Crippen LogP) is 2.35. The first kappa shape index (κ1) is 24.7. The van der Waals surface area contributed by atoms with Gasteiger partial charge in [-0.25, -0.2) is 8.78 Å². The Morgan fingerprint density at radius 3 is 2.43 bits per heavy atom. The number of amides is 1. The average molecular weight is 519 g/mol. The first-order chi connectivity index (χ1) is 17.9. The lowest BCUT2D eigenvalue weighted by molar-refractivity contribution is -0.169. The SMILES string of the molecule is COc1c(F)cc2c(N3CCC4(CC3)OCCO4)c(C(=O)N3CCN(C(O)C4CC4)CC3)cnc2c1F. The van der Waals surface area contributed by atoms with Crippen molar-refractivity contribution in [1.29, 1.82) is 0 Å². The molecule has 3 saturated heterocycles. The monoisotopic (exact) mass is 518 g/mol. The van der Waals surface area contributed by atoms with Gasteiger partial charge in [-0.2, -0.15) is 0 Å². The quantitative estimate of drug-likeness (QED) is 0.646. The summed E-state index contributed by atoms with van der Waals surface area (Å²) >= 11 is 0. The molecule has 1 atom stereocenters. The van der Waals surface area contributed by atoms with Crippen LogP contribution in [0, 0.1) is 17.6 Å². The molecule has 1 aromatic carbocycles. The van der Waals surface area contributed by atoms with E-state index < -0.39 is 29.4 Å². The van der Waals surface area contributed by atoms with Crippen molar-refractivity contribution in [2.75, 3.05) is 64.5 Å². The van der Waals surface area contributed by atoms with Gasteiger partial charge in [0.15, 0.2) is 23.2 Å². The fraction of sp³-hybridized carbons (Fsp3) is 0.615. The maximum Gasteiger partial charge on any atom is 0.257 e. The fourth-order valence-electron chi connectivity index (χ4n) is 5.83. The van der Waals surface area contributed by atoms with Gasteiger partial charge in [-0.15, -0.1) is 0 Å². The summed E-state index contributed by atoms with van der Waals surface area (Å²) in [5, 5.41) is 10.7. The standard InChI is InChI=1S/C26H32F2N4O5/c1-35-23-19(27)14-17-21(20(23)28)29-15-18(22(17)30-6-4-26(5-7-30)36-12-13-37-26)25(34)32-10-8-31(9-11-32)24(33)16-2-3-16/h14-16,24,33H,2-13H2,1H3. The third-order valence-electron chi connectivity index (χ3n) is 8.09. The molecule has 6 rings (SSSR count). The predicted molar refractivity (Wildman–Crippen MR) is 131 cm³/mol. The van der Waals surface area contributed by atoms with E-state index in [1.54, 1.807) is 4.90 Å². The molecule has 1 saturated carbocycles. The van der Waals surface area contributed by atoms with Crippen molar-refractivity contribution in [2.24, 2.45) is 5.92 Å². The van der Waals surface area contributed by atoms with E-state index in [0.29, 0.717) is 82.5 Å². The van der Waals surface area contributed by atoms with Crippen molar-refractivity contribution in [3.63, 3.8) is 0 Å². The van der Waals surface area contributed by atoms with Crippen LogP contribution in [0.3, 0.4) is 0 Å². The van der Waals surface area contributed by atoms with Crippen LogP contribution in [-0.2, 0) is 9.47 Å². The van der Waals surface area contributed by atoms with Crippen LogP contribution < -0.4 is 9.64 Å². The summed E-state index contributed by atoms with van der Waals surface area (Å²) in [7, 11) is 1.21. The third kappa shape index (κ3) is 4.41. The second kappa shape index (κ2) is 9.61. The Morgan fingerprint density at radius 2 is 1.81 bits per heavy atom. The molecule has 1 amide bonds. The van der Waals surface area contributed by atoms with Crippen LogP contribution in [0.25, 0.3) is 10.9 Å². The molecule has 200 valence electrons. The average Bonchev–Trinajstić information content (AvgIpc) is 3.68. The number of aliphatic hydroxyl groups is 1. The van der Waals surface area contributed by atoms with Crippen LogP contribution in [0.4, 0.5) is 14.5 Å². The lowest BCUT2D eigenvalue weighted by atomic mass is 9.99. The zero-order valence-corrected chi connectivity index (χ0v) is 20.9. The normalized spacial score (nSPS) is 23.1. The van der Waals surface area contributed by atoms with Gasteiger partial charge in [0, 0.05) is 63.7 Å². The molecule has 0 bridgehead atoms. The van der Waals surface area contributed by atoms with Gasteiger partial charge in [0.1, 0.15) is 11.7 Å². The minimum atomic E-state index is -0.892. The summed E-state index contributed by atoms with van der Waals surface area (Å²) < 4.78 is 46.7. The number of fused-ring (bicyclic) bond motifs is 1. The molecule has 2 aromatic rings. The number of methoxy groups -OCH3 is 1. The Morgan fingerprint density at radius 1 is 1.14 bits per heavy atom. The van der Waals surface area contributed by atoms with Gasteiger partial charge >= 0.3 is 0 Å². The van der Waals surface area contributed by atoms with Gasteiger partial charge < -0.3 is 29.1 Å². The lowest BCUT2D eigenvalue weighted by Crippen LogP contribution is -2.52. The van der Waals surface area contributed by atoms with Gasteiger partial charge in [-0.1, -0.05) is 0 Å². The molecular weight excluding hydrogens is 486 g/mol. The Labute approximate surface area is 213 Å². The summed E-state index contributed by atoms with van der Waals surface area (Å²) in [6.45, 7) is 4.12. The number of carbonyl (C=O) groups excluding carboxylic acids is 1. The van der Waals surface area contributed by atoms with Gasteiger partial charge in [-0.05, 0) is 24.8 Å². The Bertz CT molecular complexity index is 1190. The highest BCUT2D eigenvalue weighted by molar-refractivity contribution is 6.07. The van der Waals surface area contributed by atoms with E-state index in [1.807, 2.05) is 9.80 Å². The summed E-state index contributed by atoms with van der Waals surface area (Å²) in [5.74, 6) is -2.79. The van der Waals surface area contributed by atoms with Crippen LogP contribution in [0.15, 0.2) is 12.3 Å². The molecule has 1 spiro atoms. The Kier molecular flexibility index (Phi) is 6.42. The lowest BCUT2D eigenvalue weighted by Gasteiger charge is -2.40.